The maximum atomic E-state index is 11.7. The molecule has 0 spiro atoms. The second-order valence-electron chi connectivity index (χ2n) is 4.31. The van der Waals surface area contributed by atoms with Gasteiger partial charge in [-0.05, 0) is 31.4 Å². The van der Waals surface area contributed by atoms with Gasteiger partial charge in [-0.3, -0.25) is 4.79 Å². The molecule has 1 aliphatic rings. The maximum absolute atomic E-state index is 11.7. The number of ether oxygens (including phenoxy) is 1. The van der Waals surface area contributed by atoms with Gasteiger partial charge < -0.3 is 10.1 Å². The monoisotopic (exact) mass is 304 g/mol. The molecule has 8 heteroatoms. The predicted molar refractivity (Wildman–Crippen MR) is 71.4 cm³/mol. The zero-order valence-electron chi connectivity index (χ0n) is 10.3. The lowest BCUT2D eigenvalue weighted by Gasteiger charge is -2.09. The van der Waals surface area contributed by atoms with E-state index in [1.54, 1.807) is 6.07 Å². The van der Waals surface area contributed by atoms with E-state index in [0.29, 0.717) is 19.6 Å². The van der Waals surface area contributed by atoms with Crippen molar-refractivity contribution in [2.75, 3.05) is 13.2 Å². The molecule has 19 heavy (non-hydrogen) atoms. The van der Waals surface area contributed by atoms with E-state index < -0.39 is 10.0 Å². The molecule has 0 aliphatic carbocycles. The molecule has 1 amide bonds. The van der Waals surface area contributed by atoms with Crippen LogP contribution in [-0.4, -0.2) is 33.6 Å². The zero-order valence-corrected chi connectivity index (χ0v) is 11.9. The summed E-state index contributed by atoms with van der Waals surface area (Å²) < 4.78 is 27.6. The number of nitrogens with two attached hydrogens (primary N) is 1. The first-order valence-corrected chi connectivity index (χ1v) is 8.34. The third-order valence-electron chi connectivity index (χ3n) is 2.81. The first-order chi connectivity index (χ1) is 8.97. The second kappa shape index (κ2) is 6.00. The minimum atomic E-state index is -3.63. The smallest absolute Gasteiger partial charge is 0.249 e. The lowest BCUT2D eigenvalue weighted by molar-refractivity contribution is -0.129. The van der Waals surface area contributed by atoms with Crippen LogP contribution in [0.3, 0.4) is 0 Å². The quantitative estimate of drug-likeness (QED) is 0.813. The highest BCUT2D eigenvalue weighted by Gasteiger charge is 2.22. The molecule has 106 valence electrons. The van der Waals surface area contributed by atoms with Gasteiger partial charge in [-0.25, -0.2) is 13.6 Å². The van der Waals surface area contributed by atoms with Crippen LogP contribution in [0.25, 0.3) is 0 Å². The van der Waals surface area contributed by atoms with Crippen LogP contribution in [0.2, 0.25) is 0 Å². The van der Waals surface area contributed by atoms with Crippen molar-refractivity contribution < 1.29 is 17.9 Å². The van der Waals surface area contributed by atoms with Gasteiger partial charge in [-0.15, -0.1) is 11.3 Å². The summed E-state index contributed by atoms with van der Waals surface area (Å²) >= 11 is 1.13. The van der Waals surface area contributed by atoms with Crippen LogP contribution in [0, 0.1) is 0 Å². The van der Waals surface area contributed by atoms with Crippen molar-refractivity contribution >= 4 is 27.3 Å². The molecule has 1 aliphatic heterocycles. The minimum absolute atomic E-state index is 0.0966. The summed E-state index contributed by atoms with van der Waals surface area (Å²) in [5, 5.41) is 7.81. The Hall–Kier alpha value is -0.960. The average Bonchev–Trinajstić information content (AvgIpc) is 2.99. The third-order valence-corrected chi connectivity index (χ3v) is 5.39. The van der Waals surface area contributed by atoms with Gasteiger partial charge >= 0.3 is 0 Å². The Bertz CT molecular complexity index is 547. The minimum Gasteiger partial charge on any atom is -0.368 e. The average molecular weight is 304 g/mol. The highest BCUT2D eigenvalue weighted by atomic mass is 32.2. The number of hydrogen-bond donors (Lipinski definition) is 2. The number of rotatable bonds is 5. The van der Waals surface area contributed by atoms with E-state index in [2.05, 4.69) is 5.32 Å². The van der Waals surface area contributed by atoms with E-state index in [9.17, 15) is 13.2 Å². The number of primary sulfonamides is 1. The first-order valence-electron chi connectivity index (χ1n) is 5.97. The second-order valence-corrected chi connectivity index (χ2v) is 7.27. The van der Waals surface area contributed by atoms with Gasteiger partial charge in [0, 0.05) is 18.0 Å². The molecule has 6 nitrogen and oxygen atoms in total. The molecular weight excluding hydrogens is 288 g/mol. The summed E-state index contributed by atoms with van der Waals surface area (Å²) in [6.07, 6.45) is 1.93. The van der Waals surface area contributed by atoms with Crippen molar-refractivity contribution in [1.82, 2.24) is 5.32 Å². The summed E-state index contributed by atoms with van der Waals surface area (Å²) in [5.74, 6) is -0.0966. The Labute approximate surface area is 116 Å². The highest BCUT2D eigenvalue weighted by molar-refractivity contribution is 7.91. The van der Waals surface area contributed by atoms with Gasteiger partial charge in [0.2, 0.25) is 15.9 Å². The molecule has 1 fully saturated rings. The molecule has 2 rings (SSSR count). The summed E-state index contributed by atoms with van der Waals surface area (Å²) in [5.41, 5.74) is 0. The largest absolute Gasteiger partial charge is 0.368 e. The molecule has 1 aromatic heterocycles. The molecule has 1 unspecified atom stereocenters. The summed E-state index contributed by atoms with van der Waals surface area (Å²) in [4.78, 5) is 12.5. The van der Waals surface area contributed by atoms with Crippen LogP contribution < -0.4 is 10.5 Å². The van der Waals surface area contributed by atoms with Gasteiger partial charge in [-0.2, -0.15) is 0 Å². The predicted octanol–water partition coefficient (Wildman–Crippen LogP) is 0.233. The van der Waals surface area contributed by atoms with E-state index in [1.165, 1.54) is 6.07 Å². The molecule has 1 atom stereocenters. The fraction of sp³-hybridized carbons (Fsp3) is 0.545. The Morgan fingerprint density at radius 1 is 1.53 bits per heavy atom. The summed E-state index contributed by atoms with van der Waals surface area (Å²) in [6.45, 7) is 1.10. The van der Waals surface area contributed by atoms with Crippen LogP contribution in [0.5, 0.6) is 0 Å². The number of hydrogen-bond acceptors (Lipinski definition) is 5. The van der Waals surface area contributed by atoms with E-state index in [-0.39, 0.29) is 16.2 Å². The molecule has 0 bridgehead atoms. The van der Waals surface area contributed by atoms with Crippen molar-refractivity contribution in [3.8, 4) is 0 Å². The SMILES string of the molecule is NS(=O)(=O)c1ccc(CCNC(=O)C2CCCO2)s1. The Morgan fingerprint density at radius 3 is 2.89 bits per heavy atom. The van der Waals surface area contributed by atoms with E-state index in [4.69, 9.17) is 9.88 Å². The normalized spacial score (nSPS) is 19.5. The topological polar surface area (TPSA) is 98.5 Å². The molecule has 1 aromatic rings. The lowest BCUT2D eigenvalue weighted by atomic mass is 10.2. The van der Waals surface area contributed by atoms with Crippen molar-refractivity contribution in [1.29, 1.82) is 0 Å². The number of carbonyl (C=O) groups excluding carboxylic acids is 1. The van der Waals surface area contributed by atoms with Crippen molar-refractivity contribution in [2.45, 2.75) is 29.6 Å². The molecule has 0 radical (unpaired) electrons. The van der Waals surface area contributed by atoms with Crippen LogP contribution in [0.4, 0.5) is 0 Å². The summed E-state index contributed by atoms with van der Waals surface area (Å²) in [7, 11) is -3.63. The zero-order chi connectivity index (χ0) is 13.9. The molecule has 3 N–H and O–H groups in total. The van der Waals surface area contributed by atoms with E-state index >= 15 is 0 Å². The van der Waals surface area contributed by atoms with E-state index in [1.807, 2.05) is 0 Å². The van der Waals surface area contributed by atoms with Crippen LogP contribution in [0.15, 0.2) is 16.3 Å². The van der Waals surface area contributed by atoms with Gasteiger partial charge in [0.05, 0.1) is 0 Å². The summed E-state index contributed by atoms with van der Waals surface area (Å²) in [6, 6.07) is 3.19. The lowest BCUT2D eigenvalue weighted by Crippen LogP contribution is -2.35. The first kappa shape index (κ1) is 14.4. The highest BCUT2D eigenvalue weighted by Crippen LogP contribution is 2.20. The van der Waals surface area contributed by atoms with Crippen LogP contribution in [-0.2, 0) is 26.0 Å². The molecule has 0 saturated carbocycles. The van der Waals surface area contributed by atoms with Gasteiger partial charge in [-0.1, -0.05) is 0 Å². The Kier molecular flexibility index (Phi) is 4.56. The number of sulfonamides is 1. The number of amides is 1. The molecule has 1 saturated heterocycles. The van der Waals surface area contributed by atoms with Crippen molar-refractivity contribution in [3.63, 3.8) is 0 Å². The molecular formula is C11H16N2O4S2. The Balaban J connectivity index is 1.79. The molecule has 2 heterocycles. The van der Waals surface area contributed by atoms with Crippen molar-refractivity contribution in [3.05, 3.63) is 17.0 Å². The van der Waals surface area contributed by atoms with Crippen LogP contribution in [0.1, 0.15) is 17.7 Å². The van der Waals surface area contributed by atoms with E-state index in [0.717, 1.165) is 29.1 Å². The third kappa shape index (κ3) is 4.00. The van der Waals surface area contributed by atoms with Gasteiger partial charge in [0.1, 0.15) is 10.3 Å². The van der Waals surface area contributed by atoms with Crippen molar-refractivity contribution in [2.24, 2.45) is 5.14 Å². The fourth-order valence-electron chi connectivity index (χ4n) is 1.85. The number of thiophene rings is 1. The van der Waals surface area contributed by atoms with Gasteiger partial charge in [0.15, 0.2) is 0 Å². The Morgan fingerprint density at radius 2 is 2.32 bits per heavy atom. The van der Waals surface area contributed by atoms with Crippen LogP contribution >= 0.6 is 11.3 Å². The molecule has 0 aromatic carbocycles. The number of nitrogens with one attached hydrogen (secondary N) is 1. The maximum Gasteiger partial charge on any atom is 0.249 e. The number of carbonyl (C=O) groups is 1. The fourth-order valence-corrected chi connectivity index (χ4v) is 3.63. The standard InChI is InChI=1S/C11H16N2O4S2/c12-19(15,16)10-4-3-8(18-10)5-6-13-11(14)9-2-1-7-17-9/h3-4,9H,1-2,5-7H2,(H,13,14)(H2,12,15,16). The van der Waals surface area contributed by atoms with Gasteiger partial charge in [0.25, 0.3) is 0 Å².